The van der Waals surface area contributed by atoms with Gasteiger partial charge < -0.3 is 9.64 Å². The minimum atomic E-state index is 0. The summed E-state index contributed by atoms with van der Waals surface area (Å²) in [5.41, 5.74) is 3.44. The van der Waals surface area contributed by atoms with Gasteiger partial charge in [0.15, 0.2) is 5.17 Å². The molecule has 3 nitrogen and oxygen atoms in total. The molecule has 1 heterocycles. The van der Waals surface area contributed by atoms with Gasteiger partial charge in [-0.2, -0.15) is 0 Å². The second kappa shape index (κ2) is 4.88. The van der Waals surface area contributed by atoms with E-state index in [1.54, 1.807) is 4.90 Å². The van der Waals surface area contributed by atoms with Crippen molar-refractivity contribution in [2.45, 2.75) is 13.2 Å². The number of hydrogen-bond acceptors (Lipinski definition) is 2. The first-order chi connectivity index (χ1) is 6.68. The fourth-order valence-electron chi connectivity index (χ4n) is 1.49. The van der Waals surface area contributed by atoms with Gasteiger partial charge in [-0.3, -0.25) is 5.41 Å². The average molecular weight is 245 g/mol. The summed E-state index contributed by atoms with van der Waals surface area (Å²) in [6.07, 6.45) is 0. The first kappa shape index (κ1) is 12.4. The van der Waals surface area contributed by atoms with E-state index in [2.05, 4.69) is 12.6 Å². The summed E-state index contributed by atoms with van der Waals surface area (Å²) in [5, 5.41) is 7.63. The number of anilines is 1. The Morgan fingerprint density at radius 1 is 1.40 bits per heavy atom. The lowest BCUT2D eigenvalue weighted by atomic mass is 10.1. The van der Waals surface area contributed by atoms with Crippen molar-refractivity contribution in [1.82, 2.24) is 0 Å². The normalized spacial score (nSPS) is 12.9. The molecule has 1 aliphatic heterocycles. The van der Waals surface area contributed by atoms with Crippen molar-refractivity contribution in [2.75, 3.05) is 11.9 Å². The molecular weight excluding hydrogens is 232 g/mol. The monoisotopic (exact) mass is 244 g/mol. The predicted molar refractivity (Wildman–Crippen MR) is 67.3 cm³/mol. The number of thiol groups is 1. The third-order valence-electron chi connectivity index (χ3n) is 2.41. The third-order valence-corrected chi connectivity index (χ3v) is 2.71. The quantitative estimate of drug-likeness (QED) is 0.452. The fourth-order valence-corrected chi connectivity index (χ4v) is 1.60. The van der Waals surface area contributed by atoms with Gasteiger partial charge in [-0.25, -0.2) is 0 Å². The summed E-state index contributed by atoms with van der Waals surface area (Å²) in [4.78, 5) is 1.72. The zero-order valence-electron chi connectivity index (χ0n) is 8.36. The van der Waals surface area contributed by atoms with E-state index in [9.17, 15) is 0 Å². The number of rotatable bonds is 1. The van der Waals surface area contributed by atoms with Gasteiger partial charge in [-0.05, 0) is 23.3 Å². The Morgan fingerprint density at radius 3 is 2.73 bits per heavy atom. The Balaban J connectivity index is 0.00000112. The molecule has 1 N–H and O–H groups in total. The number of nitrogens with zero attached hydrogens (tertiary/aromatic N) is 1. The maximum absolute atomic E-state index is 7.39. The van der Waals surface area contributed by atoms with Crippen LogP contribution in [0.2, 0.25) is 0 Å². The number of benzene rings is 1. The van der Waals surface area contributed by atoms with Gasteiger partial charge in [0.2, 0.25) is 0 Å². The Kier molecular flexibility index (Phi) is 4.02. The van der Waals surface area contributed by atoms with E-state index in [4.69, 9.17) is 10.1 Å². The van der Waals surface area contributed by atoms with Crippen molar-refractivity contribution in [3.63, 3.8) is 0 Å². The van der Waals surface area contributed by atoms with E-state index in [-0.39, 0.29) is 17.6 Å². The molecule has 0 aliphatic carbocycles. The number of amidine groups is 1. The maximum Gasteiger partial charge on any atom is 0.157 e. The number of fused-ring (bicyclic) bond motifs is 1. The molecule has 0 unspecified atom stereocenters. The van der Waals surface area contributed by atoms with Crippen LogP contribution in [0.15, 0.2) is 18.2 Å². The van der Waals surface area contributed by atoms with Gasteiger partial charge in [0.05, 0.1) is 13.2 Å². The SMILES string of the molecule is CN(C(=N)S)c1ccc2c(c1)COC2.Cl. The van der Waals surface area contributed by atoms with Crippen LogP contribution in [0.3, 0.4) is 0 Å². The van der Waals surface area contributed by atoms with Crippen LogP contribution < -0.4 is 4.90 Å². The molecule has 5 heteroatoms. The van der Waals surface area contributed by atoms with Gasteiger partial charge >= 0.3 is 0 Å². The van der Waals surface area contributed by atoms with E-state index in [1.807, 2.05) is 25.2 Å². The second-order valence-electron chi connectivity index (χ2n) is 3.33. The summed E-state index contributed by atoms with van der Waals surface area (Å²) >= 11 is 3.99. The van der Waals surface area contributed by atoms with E-state index >= 15 is 0 Å². The van der Waals surface area contributed by atoms with Gasteiger partial charge in [0.1, 0.15) is 0 Å². The zero-order valence-corrected chi connectivity index (χ0v) is 10.1. The van der Waals surface area contributed by atoms with Crippen LogP contribution in [0.5, 0.6) is 0 Å². The third kappa shape index (κ3) is 2.45. The molecule has 1 aliphatic rings. The molecule has 0 aromatic heterocycles. The number of nitrogens with one attached hydrogen (secondary N) is 1. The molecule has 0 fully saturated rings. The summed E-state index contributed by atoms with van der Waals surface area (Å²) in [5.74, 6) is 0. The van der Waals surface area contributed by atoms with E-state index in [0.717, 1.165) is 5.69 Å². The van der Waals surface area contributed by atoms with Crippen LogP contribution in [0.25, 0.3) is 0 Å². The molecule has 1 aromatic carbocycles. The largest absolute Gasteiger partial charge is 0.372 e. The van der Waals surface area contributed by atoms with Crippen molar-refractivity contribution in [3.05, 3.63) is 29.3 Å². The number of ether oxygens (including phenoxy) is 1. The smallest absolute Gasteiger partial charge is 0.157 e. The first-order valence-electron chi connectivity index (χ1n) is 4.39. The van der Waals surface area contributed by atoms with E-state index < -0.39 is 0 Å². The van der Waals surface area contributed by atoms with Crippen LogP contribution in [0.4, 0.5) is 5.69 Å². The minimum absolute atomic E-state index is 0. The summed E-state index contributed by atoms with van der Waals surface area (Å²) in [6.45, 7) is 1.38. The maximum atomic E-state index is 7.39. The molecule has 82 valence electrons. The van der Waals surface area contributed by atoms with Gasteiger partial charge in [-0.15, -0.1) is 25.0 Å². The van der Waals surface area contributed by atoms with Gasteiger partial charge in [0, 0.05) is 12.7 Å². The molecule has 0 saturated heterocycles. The van der Waals surface area contributed by atoms with Crippen LogP contribution >= 0.6 is 25.0 Å². The highest BCUT2D eigenvalue weighted by Crippen LogP contribution is 2.25. The van der Waals surface area contributed by atoms with Crippen LogP contribution in [0.1, 0.15) is 11.1 Å². The zero-order chi connectivity index (χ0) is 10.1. The van der Waals surface area contributed by atoms with Gasteiger partial charge in [0.25, 0.3) is 0 Å². The molecule has 2 rings (SSSR count). The Hall–Kier alpha value is -0.710. The predicted octanol–water partition coefficient (Wildman–Crippen LogP) is 2.44. The van der Waals surface area contributed by atoms with Crippen LogP contribution in [-0.2, 0) is 18.0 Å². The Bertz CT molecular complexity index is 384. The van der Waals surface area contributed by atoms with Crippen LogP contribution in [-0.4, -0.2) is 12.2 Å². The Labute approximate surface area is 101 Å². The highest BCUT2D eigenvalue weighted by molar-refractivity contribution is 7.97. The molecule has 0 amide bonds. The molecule has 0 atom stereocenters. The summed E-state index contributed by atoms with van der Waals surface area (Å²) in [7, 11) is 1.83. The lowest BCUT2D eigenvalue weighted by molar-refractivity contribution is 0.134. The second-order valence-corrected chi connectivity index (χ2v) is 3.75. The Morgan fingerprint density at radius 2 is 2.07 bits per heavy atom. The van der Waals surface area contributed by atoms with E-state index in [0.29, 0.717) is 13.2 Å². The fraction of sp³-hybridized carbons (Fsp3) is 0.300. The van der Waals surface area contributed by atoms with Crippen LogP contribution in [0, 0.1) is 5.41 Å². The summed E-state index contributed by atoms with van der Waals surface area (Å²) < 4.78 is 5.32. The standard InChI is InChI=1S/C10H12N2OS.ClH/c1-12(10(11)14)9-3-2-7-5-13-6-8(7)4-9;/h2-4H,5-6H2,1H3,(H2,11,14);1H. The lowest BCUT2D eigenvalue weighted by Crippen LogP contribution is -2.20. The highest BCUT2D eigenvalue weighted by Gasteiger charge is 2.13. The summed E-state index contributed by atoms with van der Waals surface area (Å²) in [6, 6.07) is 6.08. The molecule has 15 heavy (non-hydrogen) atoms. The molecule has 0 bridgehead atoms. The molecular formula is C10H13ClN2OS. The van der Waals surface area contributed by atoms with Crippen molar-refractivity contribution in [2.24, 2.45) is 0 Å². The topological polar surface area (TPSA) is 36.3 Å². The lowest BCUT2D eigenvalue weighted by Gasteiger charge is -2.17. The molecule has 0 saturated carbocycles. The average Bonchev–Trinajstić information content (AvgIpc) is 2.62. The number of hydrogen-bond donors (Lipinski definition) is 2. The molecule has 0 radical (unpaired) electrons. The first-order valence-corrected chi connectivity index (χ1v) is 4.84. The molecule has 1 aromatic rings. The van der Waals surface area contributed by atoms with Gasteiger partial charge in [-0.1, -0.05) is 6.07 Å². The number of halogens is 1. The minimum Gasteiger partial charge on any atom is -0.372 e. The van der Waals surface area contributed by atoms with Crippen molar-refractivity contribution in [3.8, 4) is 0 Å². The van der Waals surface area contributed by atoms with Crippen molar-refractivity contribution in [1.29, 1.82) is 5.41 Å². The van der Waals surface area contributed by atoms with E-state index in [1.165, 1.54) is 11.1 Å². The molecule has 0 spiro atoms. The van der Waals surface area contributed by atoms with Crippen molar-refractivity contribution < 1.29 is 4.74 Å². The van der Waals surface area contributed by atoms with Crippen molar-refractivity contribution >= 4 is 35.9 Å². The highest BCUT2D eigenvalue weighted by atomic mass is 35.5.